The number of nitrogens with zero attached hydrogens (tertiary/aromatic N) is 2. The molecule has 1 aliphatic heterocycles. The van der Waals surface area contributed by atoms with E-state index in [0.29, 0.717) is 12.2 Å². The molecule has 0 fully saturated rings. The van der Waals surface area contributed by atoms with Crippen LogP contribution in [0.4, 0.5) is 5.69 Å². The van der Waals surface area contributed by atoms with E-state index >= 15 is 0 Å². The van der Waals surface area contributed by atoms with E-state index < -0.39 is 15.1 Å². The fourth-order valence-corrected chi connectivity index (χ4v) is 6.14. The van der Waals surface area contributed by atoms with Gasteiger partial charge in [-0.25, -0.2) is 13.4 Å². The zero-order valence-corrected chi connectivity index (χ0v) is 17.1. The van der Waals surface area contributed by atoms with E-state index in [2.05, 4.69) is 4.98 Å². The highest BCUT2D eigenvalue weighted by Gasteiger charge is 2.35. The van der Waals surface area contributed by atoms with Crippen molar-refractivity contribution in [2.45, 2.75) is 24.3 Å². The van der Waals surface area contributed by atoms with E-state index in [0.717, 1.165) is 27.6 Å². The van der Waals surface area contributed by atoms with Crippen molar-refractivity contribution in [3.05, 3.63) is 58.4 Å². The van der Waals surface area contributed by atoms with Crippen LogP contribution in [-0.2, 0) is 26.8 Å². The van der Waals surface area contributed by atoms with Crippen LogP contribution in [0.5, 0.6) is 0 Å². The Bertz CT molecular complexity index is 1070. The Morgan fingerprint density at radius 1 is 1.22 bits per heavy atom. The lowest BCUT2D eigenvalue weighted by Crippen LogP contribution is -2.41. The standard InChI is InChI=1S/C19H18N2O3S3/c1-13(19(22)21-9-8-14-5-2-3-6-16(14)21)27(23,24)12-15-11-26-18(20-15)17-7-4-10-25-17/h2-7,10-11,13H,8-9,12H2,1H3. The van der Waals surface area contributed by atoms with Gasteiger partial charge in [-0.05, 0) is 36.4 Å². The van der Waals surface area contributed by atoms with Crippen LogP contribution in [0.2, 0.25) is 0 Å². The molecule has 5 nitrogen and oxygen atoms in total. The summed E-state index contributed by atoms with van der Waals surface area (Å²) in [4.78, 5) is 19.9. The Labute approximate surface area is 166 Å². The van der Waals surface area contributed by atoms with Gasteiger partial charge < -0.3 is 4.90 Å². The lowest BCUT2D eigenvalue weighted by atomic mass is 10.2. The monoisotopic (exact) mass is 418 g/mol. The first kappa shape index (κ1) is 18.3. The summed E-state index contributed by atoms with van der Waals surface area (Å²) in [6, 6.07) is 11.5. The van der Waals surface area contributed by atoms with Crippen molar-refractivity contribution in [1.82, 2.24) is 4.98 Å². The fraction of sp³-hybridized carbons (Fsp3) is 0.263. The van der Waals surface area contributed by atoms with Crippen molar-refractivity contribution in [3.63, 3.8) is 0 Å². The van der Waals surface area contributed by atoms with E-state index in [1.165, 1.54) is 18.3 Å². The third-order valence-electron chi connectivity index (χ3n) is 4.67. The number of thiophene rings is 1. The van der Waals surface area contributed by atoms with Gasteiger partial charge in [-0.1, -0.05) is 24.3 Å². The Kier molecular flexibility index (Phi) is 4.88. The first-order chi connectivity index (χ1) is 13.0. The van der Waals surface area contributed by atoms with E-state index in [1.54, 1.807) is 21.6 Å². The largest absolute Gasteiger partial charge is 0.311 e. The molecule has 0 N–H and O–H groups in total. The Hall–Kier alpha value is -2.03. The number of hydrogen-bond acceptors (Lipinski definition) is 6. The number of aromatic nitrogens is 1. The molecule has 3 heterocycles. The molecule has 0 spiro atoms. The van der Waals surface area contributed by atoms with Crippen molar-refractivity contribution >= 4 is 44.1 Å². The number of benzene rings is 1. The van der Waals surface area contributed by atoms with Gasteiger partial charge in [0.25, 0.3) is 0 Å². The van der Waals surface area contributed by atoms with Gasteiger partial charge in [-0.15, -0.1) is 22.7 Å². The summed E-state index contributed by atoms with van der Waals surface area (Å²) in [6.45, 7) is 2.00. The van der Waals surface area contributed by atoms with Crippen molar-refractivity contribution in [2.24, 2.45) is 0 Å². The first-order valence-corrected chi connectivity index (χ1v) is 12.0. The number of para-hydroxylation sites is 1. The number of hydrogen-bond donors (Lipinski definition) is 0. The number of carbonyl (C=O) groups is 1. The molecule has 1 aromatic carbocycles. The van der Waals surface area contributed by atoms with Gasteiger partial charge in [-0.2, -0.15) is 0 Å². The van der Waals surface area contributed by atoms with E-state index in [1.807, 2.05) is 41.8 Å². The number of fused-ring (bicyclic) bond motifs is 1. The molecule has 0 saturated carbocycles. The normalized spacial score (nSPS) is 14.9. The van der Waals surface area contributed by atoms with E-state index in [4.69, 9.17) is 0 Å². The Morgan fingerprint density at radius 2 is 2.04 bits per heavy atom. The molecule has 0 bridgehead atoms. The van der Waals surface area contributed by atoms with Crippen LogP contribution >= 0.6 is 22.7 Å². The number of sulfone groups is 1. The number of thiazole rings is 1. The van der Waals surface area contributed by atoms with Gasteiger partial charge in [0, 0.05) is 17.6 Å². The molecule has 2 aromatic heterocycles. The molecule has 0 radical (unpaired) electrons. The van der Waals surface area contributed by atoms with Gasteiger partial charge >= 0.3 is 0 Å². The van der Waals surface area contributed by atoms with Gasteiger partial charge in [0.15, 0.2) is 9.84 Å². The minimum atomic E-state index is -3.65. The minimum Gasteiger partial charge on any atom is -0.311 e. The zero-order chi connectivity index (χ0) is 19.0. The van der Waals surface area contributed by atoms with Crippen LogP contribution in [0.1, 0.15) is 18.2 Å². The van der Waals surface area contributed by atoms with Gasteiger partial charge in [0.1, 0.15) is 10.3 Å². The second-order valence-electron chi connectivity index (χ2n) is 6.44. The molecule has 27 heavy (non-hydrogen) atoms. The predicted octanol–water partition coefficient (Wildman–Crippen LogP) is 3.76. The van der Waals surface area contributed by atoms with Crippen molar-refractivity contribution in [2.75, 3.05) is 11.4 Å². The summed E-state index contributed by atoms with van der Waals surface area (Å²) in [7, 11) is -3.65. The molecule has 0 saturated heterocycles. The third kappa shape index (κ3) is 3.56. The second-order valence-corrected chi connectivity index (χ2v) is 10.6. The summed E-state index contributed by atoms with van der Waals surface area (Å²) in [5, 5.41) is 3.43. The predicted molar refractivity (Wildman–Crippen MR) is 110 cm³/mol. The highest BCUT2D eigenvalue weighted by Crippen LogP contribution is 2.30. The summed E-state index contributed by atoms with van der Waals surface area (Å²) < 4.78 is 25.7. The topological polar surface area (TPSA) is 67.3 Å². The average Bonchev–Trinajstić information content (AvgIpc) is 3.39. The summed E-state index contributed by atoms with van der Waals surface area (Å²) in [5.74, 6) is -0.592. The van der Waals surface area contributed by atoms with Crippen molar-refractivity contribution in [3.8, 4) is 9.88 Å². The molecule has 4 rings (SSSR count). The molecule has 1 atom stereocenters. The van der Waals surface area contributed by atoms with Crippen LogP contribution in [0.25, 0.3) is 9.88 Å². The fourth-order valence-electron chi connectivity index (χ4n) is 3.16. The van der Waals surface area contributed by atoms with Gasteiger partial charge in [0.2, 0.25) is 5.91 Å². The van der Waals surface area contributed by atoms with Crippen LogP contribution in [0.3, 0.4) is 0 Å². The molecular weight excluding hydrogens is 400 g/mol. The average molecular weight is 419 g/mol. The smallest absolute Gasteiger partial charge is 0.245 e. The third-order valence-corrected chi connectivity index (χ3v) is 8.58. The van der Waals surface area contributed by atoms with Gasteiger partial charge in [0.05, 0.1) is 16.3 Å². The summed E-state index contributed by atoms with van der Waals surface area (Å²) >= 11 is 2.99. The summed E-state index contributed by atoms with van der Waals surface area (Å²) in [6.07, 6.45) is 0.755. The highest BCUT2D eigenvalue weighted by atomic mass is 32.2. The lowest BCUT2D eigenvalue weighted by Gasteiger charge is -2.21. The SMILES string of the molecule is CC(C(=O)N1CCc2ccccc21)S(=O)(=O)Cc1csc(-c2cccs2)n1. The quantitative estimate of drug-likeness (QED) is 0.633. The number of anilines is 1. The first-order valence-electron chi connectivity index (χ1n) is 8.55. The van der Waals surface area contributed by atoms with Gasteiger partial charge in [-0.3, -0.25) is 4.79 Å². The number of carbonyl (C=O) groups excluding carboxylic acids is 1. The minimum absolute atomic E-state index is 0.225. The maximum absolute atomic E-state index is 12.9. The maximum Gasteiger partial charge on any atom is 0.245 e. The number of amides is 1. The molecule has 0 aliphatic carbocycles. The van der Waals surface area contributed by atoms with Crippen LogP contribution in [0.15, 0.2) is 47.2 Å². The molecule has 1 aliphatic rings. The van der Waals surface area contributed by atoms with E-state index in [-0.39, 0.29) is 11.7 Å². The molecule has 8 heteroatoms. The molecule has 3 aromatic rings. The number of rotatable bonds is 5. The van der Waals surface area contributed by atoms with Crippen LogP contribution < -0.4 is 4.90 Å². The van der Waals surface area contributed by atoms with Crippen molar-refractivity contribution < 1.29 is 13.2 Å². The van der Waals surface area contributed by atoms with E-state index in [9.17, 15) is 13.2 Å². The lowest BCUT2D eigenvalue weighted by molar-refractivity contribution is -0.117. The highest BCUT2D eigenvalue weighted by molar-refractivity contribution is 7.92. The Morgan fingerprint density at radius 3 is 2.81 bits per heavy atom. The zero-order valence-electron chi connectivity index (χ0n) is 14.7. The van der Waals surface area contributed by atoms with Crippen LogP contribution in [0, 0.1) is 0 Å². The Balaban J connectivity index is 1.51. The second kappa shape index (κ2) is 7.18. The molecule has 140 valence electrons. The summed E-state index contributed by atoms with van der Waals surface area (Å²) in [5.41, 5.74) is 2.39. The molecule has 1 unspecified atom stereocenters. The maximum atomic E-state index is 12.9. The molecule has 1 amide bonds. The van der Waals surface area contributed by atoms with Crippen molar-refractivity contribution in [1.29, 1.82) is 0 Å². The van der Waals surface area contributed by atoms with Crippen LogP contribution in [-0.4, -0.2) is 31.1 Å². The molecular formula is C19H18N2O3S3.